The first-order chi connectivity index (χ1) is 10.6. The number of ether oxygens (including phenoxy) is 1. The lowest BCUT2D eigenvalue weighted by molar-refractivity contribution is -0.119. The van der Waals surface area contributed by atoms with Crippen LogP contribution in [0.5, 0.6) is 0 Å². The molecule has 1 saturated heterocycles. The van der Waals surface area contributed by atoms with Gasteiger partial charge in [0, 0.05) is 36.8 Å². The molecule has 1 aromatic rings. The Labute approximate surface area is 143 Å². The van der Waals surface area contributed by atoms with Gasteiger partial charge < -0.3 is 20.3 Å². The lowest BCUT2D eigenvalue weighted by Gasteiger charge is -2.26. The molecule has 0 spiro atoms. The molecule has 1 aliphatic heterocycles. The summed E-state index contributed by atoms with van der Waals surface area (Å²) in [5, 5.41) is 5.82. The van der Waals surface area contributed by atoms with Gasteiger partial charge in [-0.1, -0.05) is 6.92 Å². The molecule has 6 nitrogen and oxygen atoms in total. The molecule has 0 saturated carbocycles. The summed E-state index contributed by atoms with van der Waals surface area (Å²) in [6.07, 6.45) is 0. The van der Waals surface area contributed by atoms with Crippen LogP contribution in [0.2, 0.25) is 0 Å². The third kappa shape index (κ3) is 5.49. The Morgan fingerprint density at radius 2 is 1.83 bits per heavy atom. The van der Waals surface area contributed by atoms with Crippen molar-refractivity contribution in [1.29, 1.82) is 0 Å². The first kappa shape index (κ1) is 19.4. The molecule has 0 aliphatic carbocycles. The number of halogens is 1. The fourth-order valence-electron chi connectivity index (χ4n) is 2.31. The molecule has 23 heavy (non-hydrogen) atoms. The Balaban J connectivity index is 0.00000264. The molecule has 2 amide bonds. The van der Waals surface area contributed by atoms with Crippen molar-refractivity contribution in [1.82, 2.24) is 10.2 Å². The fraction of sp³-hybridized carbons (Fsp3) is 0.500. The maximum absolute atomic E-state index is 12.3. The molecular formula is C16H24ClN3O3. The van der Waals surface area contributed by atoms with Gasteiger partial charge in [-0.2, -0.15) is 0 Å². The van der Waals surface area contributed by atoms with Crippen LogP contribution in [0.25, 0.3) is 0 Å². The Kier molecular flexibility index (Phi) is 8.02. The van der Waals surface area contributed by atoms with Crippen molar-refractivity contribution in [2.45, 2.75) is 6.92 Å². The van der Waals surface area contributed by atoms with Crippen LogP contribution < -0.4 is 10.6 Å². The van der Waals surface area contributed by atoms with E-state index < -0.39 is 0 Å². The maximum Gasteiger partial charge on any atom is 0.254 e. The molecule has 1 aromatic carbocycles. The number of anilines is 1. The molecular weight excluding hydrogens is 318 g/mol. The van der Waals surface area contributed by atoms with Crippen molar-refractivity contribution in [2.75, 3.05) is 45.2 Å². The topological polar surface area (TPSA) is 70.7 Å². The second kappa shape index (κ2) is 9.50. The summed E-state index contributed by atoms with van der Waals surface area (Å²) in [5.74, 6) is -0.147. The number of nitrogens with zero attached hydrogens (tertiary/aromatic N) is 1. The summed E-state index contributed by atoms with van der Waals surface area (Å²) in [6.45, 7) is 4.91. The highest BCUT2D eigenvalue weighted by Crippen LogP contribution is 2.13. The standard InChI is InChI=1S/C16H23N3O3.ClH/c1-12(11-17-2)15(20)18-14-5-3-13(4-6-14)16(21)19-7-9-22-10-8-19;/h3-6,12,17H,7-11H2,1-2H3,(H,18,20);1H. The van der Waals surface area contributed by atoms with E-state index in [0.29, 0.717) is 44.1 Å². The molecule has 1 heterocycles. The van der Waals surface area contributed by atoms with Gasteiger partial charge in [0.1, 0.15) is 0 Å². The number of hydrogen-bond donors (Lipinski definition) is 2. The Morgan fingerprint density at radius 3 is 2.39 bits per heavy atom. The molecule has 2 rings (SSSR count). The second-order valence-corrected chi connectivity index (χ2v) is 5.43. The van der Waals surface area contributed by atoms with Crippen LogP contribution in [-0.2, 0) is 9.53 Å². The molecule has 2 N–H and O–H groups in total. The minimum absolute atomic E-state index is 0. The zero-order chi connectivity index (χ0) is 15.9. The van der Waals surface area contributed by atoms with Crippen molar-refractivity contribution >= 4 is 29.9 Å². The van der Waals surface area contributed by atoms with Crippen LogP contribution in [0.4, 0.5) is 5.69 Å². The highest BCUT2D eigenvalue weighted by atomic mass is 35.5. The van der Waals surface area contributed by atoms with E-state index in [1.165, 1.54) is 0 Å². The number of morpholine rings is 1. The lowest BCUT2D eigenvalue weighted by Crippen LogP contribution is -2.40. The number of nitrogens with one attached hydrogen (secondary N) is 2. The number of amides is 2. The molecule has 1 unspecified atom stereocenters. The average Bonchev–Trinajstić information content (AvgIpc) is 2.56. The van der Waals surface area contributed by atoms with Gasteiger partial charge in [-0.15, -0.1) is 12.4 Å². The summed E-state index contributed by atoms with van der Waals surface area (Å²) >= 11 is 0. The Hall–Kier alpha value is -1.63. The summed E-state index contributed by atoms with van der Waals surface area (Å²) < 4.78 is 5.24. The van der Waals surface area contributed by atoms with E-state index in [2.05, 4.69) is 10.6 Å². The van der Waals surface area contributed by atoms with E-state index in [1.807, 2.05) is 14.0 Å². The van der Waals surface area contributed by atoms with Crippen LogP contribution in [0.1, 0.15) is 17.3 Å². The number of benzene rings is 1. The normalized spacial score (nSPS) is 15.5. The molecule has 0 aromatic heterocycles. The predicted octanol–water partition coefficient (Wildman–Crippen LogP) is 1.37. The third-order valence-corrected chi connectivity index (χ3v) is 3.66. The van der Waals surface area contributed by atoms with E-state index in [4.69, 9.17) is 4.74 Å². The van der Waals surface area contributed by atoms with Gasteiger partial charge >= 0.3 is 0 Å². The van der Waals surface area contributed by atoms with Crippen molar-refractivity contribution in [3.8, 4) is 0 Å². The van der Waals surface area contributed by atoms with E-state index in [9.17, 15) is 9.59 Å². The molecule has 1 atom stereocenters. The smallest absolute Gasteiger partial charge is 0.254 e. The molecule has 1 fully saturated rings. The summed E-state index contributed by atoms with van der Waals surface area (Å²) in [7, 11) is 1.82. The predicted molar refractivity (Wildman–Crippen MR) is 92.1 cm³/mol. The van der Waals surface area contributed by atoms with Crippen LogP contribution in [0.3, 0.4) is 0 Å². The lowest BCUT2D eigenvalue weighted by atomic mass is 10.1. The zero-order valence-electron chi connectivity index (χ0n) is 13.5. The monoisotopic (exact) mass is 341 g/mol. The maximum atomic E-state index is 12.3. The van der Waals surface area contributed by atoms with E-state index in [1.54, 1.807) is 29.2 Å². The Morgan fingerprint density at radius 1 is 1.22 bits per heavy atom. The highest BCUT2D eigenvalue weighted by Gasteiger charge is 2.18. The average molecular weight is 342 g/mol. The van der Waals surface area contributed by atoms with Gasteiger partial charge in [0.2, 0.25) is 5.91 Å². The number of hydrogen-bond acceptors (Lipinski definition) is 4. The quantitative estimate of drug-likeness (QED) is 0.848. The molecule has 0 radical (unpaired) electrons. The van der Waals surface area contributed by atoms with Gasteiger partial charge in [0.05, 0.1) is 13.2 Å². The minimum atomic E-state index is -0.111. The van der Waals surface area contributed by atoms with Crippen LogP contribution in [-0.4, -0.2) is 56.6 Å². The van der Waals surface area contributed by atoms with Gasteiger partial charge in [0.15, 0.2) is 0 Å². The van der Waals surface area contributed by atoms with Crippen LogP contribution in [0, 0.1) is 5.92 Å². The summed E-state index contributed by atoms with van der Waals surface area (Å²) in [4.78, 5) is 26.0. The van der Waals surface area contributed by atoms with Gasteiger partial charge in [0.25, 0.3) is 5.91 Å². The summed E-state index contributed by atoms with van der Waals surface area (Å²) in [5.41, 5.74) is 1.33. The van der Waals surface area contributed by atoms with Gasteiger partial charge in [-0.3, -0.25) is 9.59 Å². The van der Waals surface area contributed by atoms with Gasteiger partial charge in [-0.25, -0.2) is 0 Å². The largest absolute Gasteiger partial charge is 0.378 e. The highest BCUT2D eigenvalue weighted by molar-refractivity contribution is 5.96. The summed E-state index contributed by atoms with van der Waals surface area (Å²) in [6, 6.07) is 7.02. The fourth-order valence-corrected chi connectivity index (χ4v) is 2.31. The third-order valence-electron chi connectivity index (χ3n) is 3.66. The van der Waals surface area contributed by atoms with Crippen molar-refractivity contribution in [3.05, 3.63) is 29.8 Å². The molecule has 1 aliphatic rings. The SMILES string of the molecule is CNCC(C)C(=O)Nc1ccc(C(=O)N2CCOCC2)cc1.Cl. The first-order valence-corrected chi connectivity index (χ1v) is 7.54. The van der Waals surface area contributed by atoms with E-state index in [-0.39, 0.29) is 30.1 Å². The minimum Gasteiger partial charge on any atom is -0.378 e. The molecule has 128 valence electrons. The van der Waals surface area contributed by atoms with Crippen molar-refractivity contribution < 1.29 is 14.3 Å². The van der Waals surface area contributed by atoms with Crippen LogP contribution >= 0.6 is 12.4 Å². The van der Waals surface area contributed by atoms with Crippen molar-refractivity contribution in [3.63, 3.8) is 0 Å². The van der Waals surface area contributed by atoms with E-state index in [0.717, 1.165) is 0 Å². The number of carbonyl (C=O) groups excluding carboxylic acids is 2. The van der Waals surface area contributed by atoms with Crippen molar-refractivity contribution in [2.24, 2.45) is 5.92 Å². The zero-order valence-corrected chi connectivity index (χ0v) is 14.3. The second-order valence-electron chi connectivity index (χ2n) is 5.43. The molecule has 0 bridgehead atoms. The Bertz CT molecular complexity index is 516. The number of rotatable bonds is 5. The van der Waals surface area contributed by atoms with Crippen LogP contribution in [0.15, 0.2) is 24.3 Å². The first-order valence-electron chi connectivity index (χ1n) is 7.54. The van der Waals surface area contributed by atoms with E-state index >= 15 is 0 Å². The molecule has 7 heteroatoms. The van der Waals surface area contributed by atoms with Gasteiger partial charge in [-0.05, 0) is 31.3 Å². The number of carbonyl (C=O) groups is 2.